The monoisotopic (exact) mass is 200 g/mol. The molecule has 0 aliphatic rings. The molecule has 0 radical (unpaired) electrons. The van der Waals surface area contributed by atoms with Crippen molar-refractivity contribution in [2.24, 2.45) is 0 Å². The van der Waals surface area contributed by atoms with E-state index in [0.717, 1.165) is 32.3 Å². The first kappa shape index (κ1) is 13.4. The highest BCUT2D eigenvalue weighted by molar-refractivity contribution is 5.47. The zero-order valence-electron chi connectivity index (χ0n) is 9.75. The molecule has 0 aromatic heterocycles. The lowest BCUT2D eigenvalue weighted by atomic mass is 10.1. The van der Waals surface area contributed by atoms with Crippen LogP contribution in [0.1, 0.15) is 39.5 Å². The van der Waals surface area contributed by atoms with Crippen LogP contribution in [0.4, 0.5) is 0 Å². The molecular formula is C11H24N2O. The molecule has 1 N–H and O–H groups in total. The topological polar surface area (TPSA) is 32.3 Å². The number of hydrogen-bond donors (Lipinski definition) is 1. The van der Waals surface area contributed by atoms with E-state index in [1.165, 1.54) is 12.8 Å². The summed E-state index contributed by atoms with van der Waals surface area (Å²) in [6.07, 6.45) is 5.59. The number of amides is 1. The molecule has 1 atom stereocenters. The maximum absolute atomic E-state index is 10.9. The third-order valence-electron chi connectivity index (χ3n) is 2.59. The summed E-state index contributed by atoms with van der Waals surface area (Å²) in [5, 5.41) is 3.07. The lowest BCUT2D eigenvalue weighted by Gasteiger charge is -2.27. The molecule has 0 aromatic rings. The van der Waals surface area contributed by atoms with Gasteiger partial charge >= 0.3 is 0 Å². The van der Waals surface area contributed by atoms with E-state index in [1.807, 2.05) is 11.9 Å². The summed E-state index contributed by atoms with van der Waals surface area (Å²) in [6.45, 7) is 6.03. The van der Waals surface area contributed by atoms with Gasteiger partial charge in [0.15, 0.2) is 0 Å². The highest BCUT2D eigenvalue weighted by Crippen LogP contribution is 2.10. The van der Waals surface area contributed by atoms with Gasteiger partial charge in [-0.15, -0.1) is 0 Å². The van der Waals surface area contributed by atoms with Crippen molar-refractivity contribution in [1.82, 2.24) is 10.2 Å². The fourth-order valence-corrected chi connectivity index (χ4v) is 1.61. The van der Waals surface area contributed by atoms with Gasteiger partial charge in [0, 0.05) is 19.1 Å². The maximum Gasteiger partial charge on any atom is 0.209 e. The zero-order chi connectivity index (χ0) is 10.8. The summed E-state index contributed by atoms with van der Waals surface area (Å²) >= 11 is 0. The Hall–Kier alpha value is -0.570. The van der Waals surface area contributed by atoms with Gasteiger partial charge in [0.05, 0.1) is 0 Å². The van der Waals surface area contributed by atoms with Crippen LogP contribution in [-0.2, 0) is 4.79 Å². The third-order valence-corrected chi connectivity index (χ3v) is 2.59. The Labute approximate surface area is 87.9 Å². The van der Waals surface area contributed by atoms with Crippen LogP contribution < -0.4 is 5.32 Å². The minimum atomic E-state index is 0.431. The fraction of sp³-hybridized carbons (Fsp3) is 0.909. The molecule has 14 heavy (non-hydrogen) atoms. The van der Waals surface area contributed by atoms with E-state index in [2.05, 4.69) is 19.2 Å². The molecule has 0 saturated carbocycles. The van der Waals surface area contributed by atoms with Crippen molar-refractivity contribution in [3.63, 3.8) is 0 Å². The standard InChI is InChI=1S/C11H24N2O/c1-4-6-7-11(5-2)13(10-14)9-8-12-3/h10-12H,4-9H2,1-3H3. The maximum atomic E-state index is 10.9. The first-order valence-electron chi connectivity index (χ1n) is 5.65. The number of carbonyl (C=O) groups is 1. The molecule has 0 spiro atoms. The van der Waals surface area contributed by atoms with Crippen molar-refractivity contribution in [2.45, 2.75) is 45.6 Å². The number of nitrogens with zero attached hydrogens (tertiary/aromatic N) is 1. The van der Waals surface area contributed by atoms with Gasteiger partial charge in [0.1, 0.15) is 0 Å². The van der Waals surface area contributed by atoms with Gasteiger partial charge in [-0.25, -0.2) is 0 Å². The van der Waals surface area contributed by atoms with Gasteiger partial charge in [-0.1, -0.05) is 26.7 Å². The lowest BCUT2D eigenvalue weighted by Crippen LogP contribution is -2.38. The molecule has 0 heterocycles. The Kier molecular flexibility index (Phi) is 8.64. The van der Waals surface area contributed by atoms with Gasteiger partial charge in [0.25, 0.3) is 0 Å². The SMILES string of the molecule is CCCCC(CC)N(C=O)CCNC. The normalized spacial score (nSPS) is 12.5. The number of carbonyl (C=O) groups excluding carboxylic acids is 1. The number of unbranched alkanes of at least 4 members (excludes halogenated alkanes) is 1. The Morgan fingerprint density at radius 1 is 1.43 bits per heavy atom. The zero-order valence-corrected chi connectivity index (χ0v) is 9.75. The molecule has 1 unspecified atom stereocenters. The van der Waals surface area contributed by atoms with E-state index >= 15 is 0 Å². The van der Waals surface area contributed by atoms with Crippen molar-refractivity contribution in [3.8, 4) is 0 Å². The minimum Gasteiger partial charge on any atom is -0.341 e. The number of rotatable bonds is 9. The summed E-state index contributed by atoms with van der Waals surface area (Å²) in [7, 11) is 1.91. The van der Waals surface area contributed by atoms with E-state index < -0.39 is 0 Å². The summed E-state index contributed by atoms with van der Waals surface area (Å²) in [5.74, 6) is 0. The molecule has 0 fully saturated rings. The number of hydrogen-bond acceptors (Lipinski definition) is 2. The molecular weight excluding hydrogens is 176 g/mol. The lowest BCUT2D eigenvalue weighted by molar-refractivity contribution is -0.120. The predicted octanol–water partition coefficient (Wildman–Crippen LogP) is 1.63. The number of nitrogens with one attached hydrogen (secondary N) is 1. The Bertz CT molecular complexity index is 139. The van der Waals surface area contributed by atoms with Crippen molar-refractivity contribution < 1.29 is 4.79 Å². The van der Waals surface area contributed by atoms with Crippen molar-refractivity contribution in [2.75, 3.05) is 20.1 Å². The second-order valence-corrected chi connectivity index (χ2v) is 3.65. The van der Waals surface area contributed by atoms with E-state index in [0.29, 0.717) is 6.04 Å². The molecule has 0 saturated heterocycles. The second-order valence-electron chi connectivity index (χ2n) is 3.65. The molecule has 0 aliphatic carbocycles. The predicted molar refractivity (Wildman–Crippen MR) is 60.3 cm³/mol. The Morgan fingerprint density at radius 2 is 2.14 bits per heavy atom. The van der Waals surface area contributed by atoms with Crippen molar-refractivity contribution >= 4 is 6.41 Å². The van der Waals surface area contributed by atoms with E-state index in [1.54, 1.807) is 0 Å². The second kappa shape index (κ2) is 9.00. The van der Waals surface area contributed by atoms with E-state index in [4.69, 9.17) is 0 Å². The molecule has 0 aliphatic heterocycles. The van der Waals surface area contributed by atoms with Crippen LogP contribution in [0.2, 0.25) is 0 Å². The summed E-state index contributed by atoms with van der Waals surface area (Å²) in [6, 6.07) is 0.431. The third kappa shape index (κ3) is 5.22. The van der Waals surface area contributed by atoms with E-state index in [-0.39, 0.29) is 0 Å². The highest BCUT2D eigenvalue weighted by atomic mass is 16.1. The van der Waals surface area contributed by atoms with Crippen LogP contribution in [0.25, 0.3) is 0 Å². The van der Waals surface area contributed by atoms with Crippen molar-refractivity contribution in [3.05, 3.63) is 0 Å². The molecule has 0 rings (SSSR count). The molecule has 3 nitrogen and oxygen atoms in total. The molecule has 0 bridgehead atoms. The minimum absolute atomic E-state index is 0.431. The van der Waals surface area contributed by atoms with Crippen LogP contribution in [0.15, 0.2) is 0 Å². The fourth-order valence-electron chi connectivity index (χ4n) is 1.61. The molecule has 84 valence electrons. The van der Waals surface area contributed by atoms with Crippen molar-refractivity contribution in [1.29, 1.82) is 0 Å². The summed E-state index contributed by atoms with van der Waals surface area (Å²) in [5.41, 5.74) is 0. The summed E-state index contributed by atoms with van der Waals surface area (Å²) < 4.78 is 0. The highest BCUT2D eigenvalue weighted by Gasteiger charge is 2.13. The smallest absolute Gasteiger partial charge is 0.209 e. The van der Waals surface area contributed by atoms with Gasteiger partial charge in [-0.2, -0.15) is 0 Å². The van der Waals surface area contributed by atoms with Crippen LogP contribution in [-0.4, -0.2) is 37.5 Å². The van der Waals surface area contributed by atoms with E-state index in [9.17, 15) is 4.79 Å². The molecule has 1 amide bonds. The van der Waals surface area contributed by atoms with Gasteiger partial charge in [0.2, 0.25) is 6.41 Å². The van der Waals surface area contributed by atoms with Crippen LogP contribution in [0, 0.1) is 0 Å². The Morgan fingerprint density at radius 3 is 2.57 bits per heavy atom. The average Bonchev–Trinajstić information content (AvgIpc) is 2.23. The van der Waals surface area contributed by atoms with Gasteiger partial charge in [-0.05, 0) is 19.9 Å². The van der Waals surface area contributed by atoms with Gasteiger partial charge < -0.3 is 10.2 Å². The molecule has 3 heteroatoms. The van der Waals surface area contributed by atoms with Gasteiger partial charge in [-0.3, -0.25) is 4.79 Å². The van der Waals surface area contributed by atoms with Crippen LogP contribution in [0.5, 0.6) is 0 Å². The Balaban J connectivity index is 3.93. The number of likely N-dealkylation sites (N-methyl/N-ethyl adjacent to an activating group) is 1. The largest absolute Gasteiger partial charge is 0.341 e. The quantitative estimate of drug-likeness (QED) is 0.574. The van der Waals surface area contributed by atoms with Crippen LogP contribution in [0.3, 0.4) is 0 Å². The summed E-state index contributed by atoms with van der Waals surface area (Å²) in [4.78, 5) is 12.8. The average molecular weight is 200 g/mol. The van der Waals surface area contributed by atoms with Crippen LogP contribution >= 0.6 is 0 Å². The first-order chi connectivity index (χ1) is 6.79. The first-order valence-corrected chi connectivity index (χ1v) is 5.65. The molecule has 0 aromatic carbocycles.